The van der Waals surface area contributed by atoms with Crippen LogP contribution in [-0.2, 0) is 0 Å². The molecule has 8 nitrogen and oxygen atoms in total. The number of allylic oxidation sites excluding steroid dienone is 8. The summed E-state index contributed by atoms with van der Waals surface area (Å²) in [4.78, 5) is 23.1. The largest absolute Gasteiger partial charge is 0.376 e. The fraction of sp³-hybridized carbons (Fsp3) is 0.182. The zero-order valence-electron chi connectivity index (χ0n) is 30.5. The summed E-state index contributed by atoms with van der Waals surface area (Å²) in [5.41, 5.74) is 16.5. The fourth-order valence-corrected chi connectivity index (χ4v) is 7.88. The van der Waals surface area contributed by atoms with Crippen LogP contribution in [0.1, 0.15) is 39.5 Å². The van der Waals surface area contributed by atoms with E-state index >= 15 is 0 Å². The van der Waals surface area contributed by atoms with Crippen LogP contribution in [0.25, 0.3) is 68.8 Å². The quantitative estimate of drug-likeness (QED) is 0.202. The van der Waals surface area contributed by atoms with Crippen molar-refractivity contribution in [3.05, 3.63) is 143 Å². The van der Waals surface area contributed by atoms with Crippen LogP contribution in [0.2, 0.25) is 0 Å². The van der Waals surface area contributed by atoms with Crippen molar-refractivity contribution in [1.82, 2.24) is 39.1 Å². The first-order valence-electron chi connectivity index (χ1n) is 17.9. The molecule has 0 fully saturated rings. The van der Waals surface area contributed by atoms with Gasteiger partial charge in [0.15, 0.2) is 0 Å². The zero-order chi connectivity index (χ0) is 35.3. The molecule has 53 heavy (non-hydrogen) atoms. The SMILES string of the molecule is CN1C=CC=C(c2c(C3=CC=CN(C)C3)c3c(C4=CC=CN(C)C4)c4nc(cc5ccc(cc6nc(cc2n3C2=CC=CN(C)C2)C=C6)[nH]5)C=C4)C1.Cl. The molecule has 9 heterocycles. The highest BCUT2D eigenvalue weighted by Gasteiger charge is 2.30. The summed E-state index contributed by atoms with van der Waals surface area (Å²) in [5.74, 6) is 0. The van der Waals surface area contributed by atoms with Crippen molar-refractivity contribution in [2.45, 2.75) is 0 Å². The smallest absolute Gasteiger partial charge is 0.0734 e. The summed E-state index contributed by atoms with van der Waals surface area (Å²) < 4.78 is 2.52. The predicted molar refractivity (Wildman–Crippen MR) is 225 cm³/mol. The van der Waals surface area contributed by atoms with E-state index in [0.29, 0.717) is 0 Å². The maximum absolute atomic E-state index is 5.39. The molecule has 0 spiro atoms. The monoisotopic (exact) mass is 718 g/mol. The predicted octanol–water partition coefficient (Wildman–Crippen LogP) is 8.38. The molecule has 0 saturated heterocycles. The molecule has 0 amide bonds. The highest BCUT2D eigenvalue weighted by Crippen LogP contribution is 2.44. The maximum Gasteiger partial charge on any atom is 0.0734 e. The summed E-state index contributed by atoms with van der Waals surface area (Å²) in [5, 5.41) is 0. The summed E-state index contributed by atoms with van der Waals surface area (Å²) in [6.07, 6.45) is 35.0. The Balaban J connectivity index is 0.00000400. The minimum atomic E-state index is 0. The number of halogens is 1. The molecule has 9 rings (SSSR count). The molecule has 9 heteroatoms. The van der Waals surface area contributed by atoms with Gasteiger partial charge >= 0.3 is 0 Å². The number of nitrogens with zero attached hydrogens (tertiary/aromatic N) is 7. The Labute approximate surface area is 316 Å². The molecule has 1 N–H and O–H groups in total. The summed E-state index contributed by atoms with van der Waals surface area (Å²) in [7, 11) is 8.59. The number of hydrogen-bond donors (Lipinski definition) is 1. The summed E-state index contributed by atoms with van der Waals surface area (Å²) in [6, 6.07) is 10.7. The van der Waals surface area contributed by atoms with E-state index in [9.17, 15) is 0 Å². The van der Waals surface area contributed by atoms with Crippen LogP contribution >= 0.6 is 12.4 Å². The van der Waals surface area contributed by atoms with Gasteiger partial charge in [0.25, 0.3) is 0 Å². The number of nitrogens with one attached hydrogen (secondary N) is 1. The van der Waals surface area contributed by atoms with Gasteiger partial charge in [0.05, 0.1) is 40.4 Å². The summed E-state index contributed by atoms with van der Waals surface area (Å²) >= 11 is 0. The van der Waals surface area contributed by atoms with E-state index < -0.39 is 0 Å². The van der Waals surface area contributed by atoms with Gasteiger partial charge in [-0.25, -0.2) is 9.97 Å². The highest BCUT2D eigenvalue weighted by molar-refractivity contribution is 6.05. The van der Waals surface area contributed by atoms with Gasteiger partial charge in [-0.15, -0.1) is 12.4 Å². The van der Waals surface area contributed by atoms with Crippen molar-refractivity contribution in [3.8, 4) is 0 Å². The highest BCUT2D eigenvalue weighted by atomic mass is 35.5. The number of hydrogen-bond acceptors (Lipinski definition) is 6. The number of H-pyrrole nitrogens is 1. The lowest BCUT2D eigenvalue weighted by atomic mass is 9.90. The van der Waals surface area contributed by atoms with Crippen LogP contribution in [0.15, 0.2) is 104 Å². The molecule has 0 saturated carbocycles. The summed E-state index contributed by atoms with van der Waals surface area (Å²) in [6.45, 7) is 3.06. The second-order valence-electron chi connectivity index (χ2n) is 14.3. The van der Waals surface area contributed by atoms with Gasteiger partial charge < -0.3 is 29.2 Å². The van der Waals surface area contributed by atoms with Crippen molar-refractivity contribution >= 4 is 81.2 Å². The van der Waals surface area contributed by atoms with Crippen molar-refractivity contribution in [2.75, 3.05) is 54.4 Å². The van der Waals surface area contributed by atoms with Crippen LogP contribution in [0, 0.1) is 0 Å². The first kappa shape index (κ1) is 34.1. The Morgan fingerprint density at radius 2 is 1.02 bits per heavy atom. The first-order valence-corrected chi connectivity index (χ1v) is 17.9. The van der Waals surface area contributed by atoms with E-state index in [1.165, 1.54) is 33.5 Å². The third kappa shape index (κ3) is 6.51. The van der Waals surface area contributed by atoms with Gasteiger partial charge in [-0.2, -0.15) is 0 Å². The van der Waals surface area contributed by atoms with Crippen LogP contribution < -0.4 is 0 Å². The Kier molecular flexibility index (Phi) is 8.92. The lowest BCUT2D eigenvalue weighted by molar-refractivity contribution is 0.505. The molecule has 0 unspecified atom stereocenters. The van der Waals surface area contributed by atoms with E-state index in [4.69, 9.17) is 9.97 Å². The Bertz CT molecular complexity index is 2490. The maximum atomic E-state index is 5.39. The molecule has 6 aliphatic heterocycles. The Hall–Kier alpha value is -5.99. The topological polar surface area (TPSA) is 59.5 Å². The third-order valence-electron chi connectivity index (χ3n) is 10.1. The molecule has 3 aromatic heterocycles. The normalized spacial score (nSPS) is 17.6. The molecule has 0 aliphatic carbocycles. The van der Waals surface area contributed by atoms with Gasteiger partial charge in [-0.3, -0.25) is 0 Å². The van der Waals surface area contributed by atoms with Gasteiger partial charge in [0.1, 0.15) is 0 Å². The molecule has 266 valence electrons. The standard InChI is InChI=1S/C44H42N8.ClH/c1-48-19-5-9-30(26-48)41-39-18-17-36(47-39)24-35-14-13-33(45-35)23-34-15-16-37(46-34)25-40-42(31-10-6-20-49(2)27-31)43(32-11-7-21-50(3)28-32)44(41)52(40)38-12-8-22-51(4)29-38;/h5-25,45H,26-29H2,1-4H3;1H. The fourth-order valence-electron chi connectivity index (χ4n) is 7.88. The molecule has 8 bridgehead atoms. The van der Waals surface area contributed by atoms with Crippen LogP contribution in [0.5, 0.6) is 0 Å². The van der Waals surface area contributed by atoms with Crippen LogP contribution in [0.3, 0.4) is 0 Å². The molecular formula is C44H43ClN8. The number of likely N-dealkylation sites (N-methyl/N-ethyl adjacent to an activating group) is 4. The lowest BCUT2D eigenvalue weighted by Crippen LogP contribution is -2.20. The molecule has 0 atom stereocenters. The minimum Gasteiger partial charge on any atom is -0.376 e. The van der Waals surface area contributed by atoms with E-state index in [2.05, 4.69) is 185 Å². The Morgan fingerprint density at radius 1 is 0.528 bits per heavy atom. The molecule has 0 aromatic carbocycles. The molecule has 6 aliphatic rings. The van der Waals surface area contributed by atoms with Gasteiger partial charge in [-0.05, 0) is 127 Å². The van der Waals surface area contributed by atoms with Crippen LogP contribution in [-0.4, -0.2) is 93.5 Å². The van der Waals surface area contributed by atoms with Crippen molar-refractivity contribution in [2.24, 2.45) is 0 Å². The average molecular weight is 719 g/mol. The number of aromatic nitrogens is 4. The zero-order valence-corrected chi connectivity index (χ0v) is 31.3. The minimum absolute atomic E-state index is 0. The number of aromatic amines is 1. The van der Waals surface area contributed by atoms with E-state index in [-0.39, 0.29) is 12.4 Å². The first-order chi connectivity index (χ1) is 25.4. The van der Waals surface area contributed by atoms with Crippen molar-refractivity contribution < 1.29 is 0 Å². The van der Waals surface area contributed by atoms with Gasteiger partial charge in [0.2, 0.25) is 0 Å². The van der Waals surface area contributed by atoms with Crippen molar-refractivity contribution in [3.63, 3.8) is 0 Å². The van der Waals surface area contributed by atoms with Crippen LogP contribution in [0.4, 0.5) is 0 Å². The van der Waals surface area contributed by atoms with E-state index in [1.54, 1.807) is 0 Å². The van der Waals surface area contributed by atoms with E-state index in [1.807, 2.05) is 0 Å². The number of fused-ring (bicyclic) bond motifs is 8. The molecule has 3 aromatic rings. The molecule has 0 radical (unpaired) electrons. The number of rotatable bonds is 4. The third-order valence-corrected chi connectivity index (χ3v) is 10.1. The average Bonchev–Trinajstić information content (AvgIpc) is 3.93. The van der Waals surface area contributed by atoms with E-state index in [0.717, 1.165) is 76.6 Å². The lowest BCUT2D eigenvalue weighted by Gasteiger charge is -2.26. The Morgan fingerprint density at radius 3 is 1.60 bits per heavy atom. The van der Waals surface area contributed by atoms with Crippen molar-refractivity contribution in [1.29, 1.82) is 0 Å². The second kappa shape index (κ2) is 13.9. The second-order valence-corrected chi connectivity index (χ2v) is 14.3. The van der Waals surface area contributed by atoms with Gasteiger partial charge in [-0.1, -0.05) is 18.2 Å². The molecular weight excluding hydrogens is 676 g/mol. The van der Waals surface area contributed by atoms with Gasteiger partial charge in [0, 0.05) is 81.2 Å².